The van der Waals surface area contributed by atoms with Crippen molar-refractivity contribution in [3.8, 4) is 0 Å². The molecular weight excluding hydrogens is 446 g/mol. The number of carbonyl (C=O) groups is 3. The minimum absolute atomic E-state index is 0.164. The third-order valence-electron chi connectivity index (χ3n) is 5.22. The van der Waals surface area contributed by atoms with Crippen LogP contribution >= 0.6 is 0 Å². The van der Waals surface area contributed by atoms with Crippen LogP contribution in [0.15, 0.2) is 70.9 Å². The Kier molecular flexibility index (Phi) is 8.52. The van der Waals surface area contributed by atoms with Crippen molar-refractivity contribution in [2.75, 3.05) is 6.61 Å². The second-order valence-electron chi connectivity index (χ2n) is 9.15. The zero-order chi connectivity index (χ0) is 25.4. The molecule has 8 heteroatoms. The molecule has 1 saturated heterocycles. The number of imide groups is 1. The van der Waals surface area contributed by atoms with Gasteiger partial charge in [0, 0.05) is 5.92 Å². The second kappa shape index (κ2) is 11.6. The van der Waals surface area contributed by atoms with E-state index < -0.39 is 35.5 Å². The van der Waals surface area contributed by atoms with Crippen molar-refractivity contribution in [2.24, 2.45) is 16.1 Å². The highest BCUT2D eigenvalue weighted by molar-refractivity contribution is 6.00. The third kappa shape index (κ3) is 7.34. The van der Waals surface area contributed by atoms with Gasteiger partial charge in [0.1, 0.15) is 11.6 Å². The van der Waals surface area contributed by atoms with Gasteiger partial charge < -0.3 is 9.47 Å². The molecule has 1 aliphatic rings. The lowest BCUT2D eigenvalue weighted by atomic mass is 10.0. The first-order valence-corrected chi connectivity index (χ1v) is 11.6. The summed E-state index contributed by atoms with van der Waals surface area (Å²) in [5.74, 6) is -1.55. The molecule has 8 nitrogen and oxygen atoms in total. The molecule has 2 aromatic carbocycles. The summed E-state index contributed by atoms with van der Waals surface area (Å²) in [5.41, 5.74) is 1.64. The van der Waals surface area contributed by atoms with E-state index >= 15 is 0 Å². The van der Waals surface area contributed by atoms with Crippen LogP contribution in [0.25, 0.3) is 6.08 Å². The Bertz CT molecular complexity index is 1090. The molecule has 35 heavy (non-hydrogen) atoms. The van der Waals surface area contributed by atoms with E-state index in [1.54, 1.807) is 27.7 Å². The number of rotatable bonds is 7. The van der Waals surface area contributed by atoms with E-state index in [2.05, 4.69) is 10.2 Å². The molecule has 3 rings (SSSR count). The fraction of sp³-hybridized carbons (Fsp3) is 0.370. The van der Waals surface area contributed by atoms with Gasteiger partial charge >= 0.3 is 12.1 Å². The van der Waals surface area contributed by atoms with Crippen molar-refractivity contribution in [1.29, 1.82) is 0 Å². The number of likely N-dealkylation sites (tertiary alicyclic amines) is 1. The molecule has 2 atom stereocenters. The van der Waals surface area contributed by atoms with Crippen LogP contribution in [-0.2, 0) is 19.1 Å². The minimum atomic E-state index is -0.982. The van der Waals surface area contributed by atoms with Crippen LogP contribution in [0.5, 0.6) is 0 Å². The first kappa shape index (κ1) is 25.8. The second-order valence-corrected chi connectivity index (χ2v) is 9.15. The average molecular weight is 478 g/mol. The normalized spacial score (nSPS) is 18.4. The van der Waals surface area contributed by atoms with Gasteiger partial charge in [-0.3, -0.25) is 4.79 Å². The Hall–Kier alpha value is -3.81. The lowest BCUT2D eigenvalue weighted by molar-refractivity contribution is -0.151. The topological polar surface area (TPSA) is 97.6 Å². The van der Waals surface area contributed by atoms with Crippen LogP contribution in [0.2, 0.25) is 0 Å². The summed E-state index contributed by atoms with van der Waals surface area (Å²) >= 11 is 0. The van der Waals surface area contributed by atoms with E-state index in [0.29, 0.717) is 6.42 Å². The standard InChI is InChI=1S/C27H31N3O5/c1-5-34-25(32)23-18-20(24(31)30(23)26(33)35-27(2,3)4)11-9-10-19-14-16-22(17-15-19)29-28-21-12-7-6-8-13-21/h6-10,12-17,20,23H,5,11,18H2,1-4H3/b10-9+,29-28+/t20-,23+/m1/s1. The molecule has 1 heterocycles. The van der Waals surface area contributed by atoms with Crippen molar-refractivity contribution >= 4 is 35.4 Å². The Balaban J connectivity index is 1.64. The number of allylic oxidation sites excluding steroid dienone is 1. The van der Waals surface area contributed by atoms with Crippen LogP contribution in [0.1, 0.15) is 46.1 Å². The first-order chi connectivity index (χ1) is 16.7. The predicted molar refractivity (Wildman–Crippen MR) is 132 cm³/mol. The molecule has 0 aliphatic carbocycles. The van der Waals surface area contributed by atoms with Gasteiger partial charge in [-0.25, -0.2) is 14.5 Å². The molecule has 0 aromatic heterocycles. The minimum Gasteiger partial charge on any atom is -0.464 e. The molecule has 0 bridgehead atoms. The van der Waals surface area contributed by atoms with Crippen LogP contribution in [-0.4, -0.2) is 41.1 Å². The van der Waals surface area contributed by atoms with Gasteiger partial charge in [-0.15, -0.1) is 0 Å². The van der Waals surface area contributed by atoms with Crippen LogP contribution in [0.4, 0.5) is 16.2 Å². The highest BCUT2D eigenvalue weighted by atomic mass is 16.6. The number of carbonyl (C=O) groups excluding carboxylic acids is 3. The fourth-order valence-corrected chi connectivity index (χ4v) is 3.62. The summed E-state index contributed by atoms with van der Waals surface area (Å²) in [6.07, 6.45) is 3.50. The van der Waals surface area contributed by atoms with Crippen LogP contribution in [0, 0.1) is 5.92 Å². The van der Waals surface area contributed by atoms with E-state index in [-0.39, 0.29) is 13.0 Å². The molecule has 1 fully saturated rings. The summed E-state index contributed by atoms with van der Waals surface area (Å²) in [6, 6.07) is 16.0. The Labute approximate surface area is 205 Å². The number of esters is 1. The smallest absolute Gasteiger partial charge is 0.417 e. The zero-order valence-electron chi connectivity index (χ0n) is 20.5. The number of amides is 2. The molecule has 2 aromatic rings. The first-order valence-electron chi connectivity index (χ1n) is 11.6. The Morgan fingerprint density at radius 3 is 2.26 bits per heavy atom. The molecule has 0 radical (unpaired) electrons. The van der Waals surface area contributed by atoms with Crippen LogP contribution < -0.4 is 0 Å². The SMILES string of the molecule is CCOC(=O)[C@@H]1C[C@@H](C/C=C/c2ccc(/N=N/c3ccccc3)cc2)C(=O)N1C(=O)OC(C)(C)C. The maximum absolute atomic E-state index is 13.0. The summed E-state index contributed by atoms with van der Waals surface area (Å²) < 4.78 is 10.4. The van der Waals surface area contributed by atoms with E-state index in [4.69, 9.17) is 9.47 Å². The van der Waals surface area contributed by atoms with Gasteiger partial charge in [0.05, 0.1) is 18.0 Å². The largest absolute Gasteiger partial charge is 0.464 e. The highest BCUT2D eigenvalue weighted by Gasteiger charge is 2.48. The van der Waals surface area contributed by atoms with Gasteiger partial charge in [-0.2, -0.15) is 10.2 Å². The predicted octanol–water partition coefficient (Wildman–Crippen LogP) is 6.22. The van der Waals surface area contributed by atoms with E-state index in [0.717, 1.165) is 21.8 Å². The molecule has 0 spiro atoms. The maximum atomic E-state index is 13.0. The lowest BCUT2D eigenvalue weighted by Gasteiger charge is -2.26. The summed E-state index contributed by atoms with van der Waals surface area (Å²) in [4.78, 5) is 39.0. The zero-order valence-corrected chi connectivity index (χ0v) is 20.5. The number of hydrogen-bond acceptors (Lipinski definition) is 7. The quantitative estimate of drug-likeness (QED) is 0.348. The number of nitrogens with zero attached hydrogens (tertiary/aromatic N) is 3. The van der Waals surface area contributed by atoms with Gasteiger partial charge in [0.2, 0.25) is 5.91 Å². The molecular formula is C27H31N3O5. The Morgan fingerprint density at radius 2 is 1.66 bits per heavy atom. The van der Waals surface area contributed by atoms with Gasteiger partial charge in [0.15, 0.2) is 0 Å². The number of hydrogen-bond donors (Lipinski definition) is 0. The van der Waals surface area contributed by atoms with Crippen LogP contribution in [0.3, 0.4) is 0 Å². The lowest BCUT2D eigenvalue weighted by Crippen LogP contribution is -2.46. The molecule has 0 unspecified atom stereocenters. The van der Waals surface area contributed by atoms with Crippen molar-refractivity contribution in [1.82, 2.24) is 4.90 Å². The van der Waals surface area contributed by atoms with Crippen molar-refractivity contribution < 1.29 is 23.9 Å². The molecule has 2 amide bonds. The molecule has 184 valence electrons. The number of azo groups is 1. The summed E-state index contributed by atoms with van der Waals surface area (Å²) in [5, 5.41) is 8.42. The third-order valence-corrected chi connectivity index (χ3v) is 5.22. The maximum Gasteiger partial charge on any atom is 0.417 e. The van der Waals surface area contributed by atoms with Gasteiger partial charge in [-0.05, 0) is 70.4 Å². The number of benzene rings is 2. The van der Waals surface area contributed by atoms with Gasteiger partial charge in [0.25, 0.3) is 0 Å². The van der Waals surface area contributed by atoms with Gasteiger partial charge in [-0.1, -0.05) is 42.5 Å². The van der Waals surface area contributed by atoms with E-state index in [1.807, 2.05) is 66.7 Å². The Morgan fingerprint density at radius 1 is 1.03 bits per heavy atom. The molecule has 1 aliphatic heterocycles. The summed E-state index contributed by atoms with van der Waals surface area (Å²) in [7, 11) is 0. The number of ether oxygens (including phenoxy) is 2. The highest BCUT2D eigenvalue weighted by Crippen LogP contribution is 2.30. The molecule has 0 saturated carbocycles. The van der Waals surface area contributed by atoms with Crippen molar-refractivity contribution in [3.63, 3.8) is 0 Å². The summed E-state index contributed by atoms with van der Waals surface area (Å²) in [6.45, 7) is 6.97. The molecule has 0 N–H and O–H groups in total. The monoisotopic (exact) mass is 477 g/mol. The fourth-order valence-electron chi connectivity index (χ4n) is 3.62. The van der Waals surface area contributed by atoms with E-state index in [1.165, 1.54) is 0 Å². The average Bonchev–Trinajstić information content (AvgIpc) is 3.15. The van der Waals surface area contributed by atoms with Crippen molar-refractivity contribution in [2.45, 2.75) is 52.2 Å². The van der Waals surface area contributed by atoms with Crippen molar-refractivity contribution in [3.05, 3.63) is 66.2 Å². The van der Waals surface area contributed by atoms with E-state index in [9.17, 15) is 14.4 Å².